The van der Waals surface area contributed by atoms with Gasteiger partial charge in [0, 0.05) is 31.5 Å². The molecule has 154 valence electrons. The molecule has 0 amide bonds. The van der Waals surface area contributed by atoms with Crippen molar-refractivity contribution in [1.29, 1.82) is 0 Å². The number of nitrogens with one attached hydrogen (secondary N) is 2. The van der Waals surface area contributed by atoms with Crippen molar-refractivity contribution in [3.05, 3.63) is 66.5 Å². The Kier molecular flexibility index (Phi) is 8.78. The normalized spacial score (nSPS) is 10.8. The highest BCUT2D eigenvalue weighted by molar-refractivity contribution is 14.0. The first kappa shape index (κ1) is 22.5. The van der Waals surface area contributed by atoms with Crippen LogP contribution in [0.15, 0.2) is 65.9 Å². The van der Waals surface area contributed by atoms with Crippen molar-refractivity contribution in [3.63, 3.8) is 0 Å². The fraction of sp³-hybridized carbons (Fsp3) is 0.238. The number of aliphatic imine (C=N–C) groups is 1. The molecule has 0 saturated heterocycles. The second-order valence-corrected chi connectivity index (χ2v) is 6.07. The number of para-hydroxylation sites is 1. The first-order valence-electron chi connectivity index (χ1n) is 9.02. The Balaban J connectivity index is 0.00000300. The van der Waals surface area contributed by atoms with Crippen molar-refractivity contribution >= 4 is 35.6 Å². The lowest BCUT2D eigenvalue weighted by atomic mass is 10.2. The molecular formula is C21H26IN5O2. The van der Waals surface area contributed by atoms with Gasteiger partial charge in [0.25, 0.3) is 0 Å². The van der Waals surface area contributed by atoms with E-state index in [1.165, 1.54) is 0 Å². The number of benzene rings is 2. The molecule has 0 fully saturated rings. The third-order valence-electron chi connectivity index (χ3n) is 4.23. The number of anilines is 1. The van der Waals surface area contributed by atoms with Crippen LogP contribution in [0.3, 0.4) is 0 Å². The zero-order valence-electron chi connectivity index (χ0n) is 16.8. The molecule has 0 aliphatic rings. The standard InChI is InChI=1S/C21H25N5O2.HI/c1-22-21(25-17-9-10-19(27-2)20(13-17)28-3)23-12-11-16-14-24-26(15-16)18-7-5-4-6-8-18;/h4-10,13-15H,11-12H2,1-3H3,(H2,22,23,25);1H. The molecule has 8 heteroatoms. The maximum Gasteiger partial charge on any atom is 0.195 e. The number of rotatable bonds is 7. The van der Waals surface area contributed by atoms with Gasteiger partial charge in [-0.1, -0.05) is 18.2 Å². The van der Waals surface area contributed by atoms with Gasteiger partial charge < -0.3 is 20.1 Å². The Morgan fingerprint density at radius 1 is 1.07 bits per heavy atom. The van der Waals surface area contributed by atoms with E-state index in [0.29, 0.717) is 17.5 Å². The molecule has 7 nitrogen and oxygen atoms in total. The van der Waals surface area contributed by atoms with Crippen molar-refractivity contribution < 1.29 is 9.47 Å². The summed E-state index contributed by atoms with van der Waals surface area (Å²) in [6.07, 6.45) is 4.76. The van der Waals surface area contributed by atoms with Gasteiger partial charge in [0.1, 0.15) is 0 Å². The van der Waals surface area contributed by atoms with Crippen LogP contribution in [0.1, 0.15) is 5.56 Å². The van der Waals surface area contributed by atoms with Gasteiger partial charge in [0.2, 0.25) is 0 Å². The molecule has 0 radical (unpaired) electrons. The van der Waals surface area contributed by atoms with E-state index < -0.39 is 0 Å². The van der Waals surface area contributed by atoms with Crippen LogP contribution >= 0.6 is 24.0 Å². The van der Waals surface area contributed by atoms with Crippen LogP contribution in [0.5, 0.6) is 11.5 Å². The molecule has 3 aromatic rings. The van der Waals surface area contributed by atoms with E-state index in [1.54, 1.807) is 21.3 Å². The minimum absolute atomic E-state index is 0. The highest BCUT2D eigenvalue weighted by Crippen LogP contribution is 2.29. The van der Waals surface area contributed by atoms with Crippen molar-refractivity contribution in [2.45, 2.75) is 6.42 Å². The number of methoxy groups -OCH3 is 2. The molecule has 3 rings (SSSR count). The maximum absolute atomic E-state index is 5.34. The van der Waals surface area contributed by atoms with Gasteiger partial charge in [-0.15, -0.1) is 24.0 Å². The Bertz CT molecular complexity index is 928. The number of ether oxygens (including phenoxy) is 2. The Labute approximate surface area is 188 Å². The van der Waals surface area contributed by atoms with Crippen molar-refractivity contribution in [2.24, 2.45) is 4.99 Å². The lowest BCUT2D eigenvalue weighted by Crippen LogP contribution is -2.32. The molecular weight excluding hydrogens is 481 g/mol. The summed E-state index contributed by atoms with van der Waals surface area (Å²) in [4.78, 5) is 4.27. The van der Waals surface area contributed by atoms with Gasteiger partial charge >= 0.3 is 0 Å². The lowest BCUT2D eigenvalue weighted by Gasteiger charge is -2.13. The molecule has 0 unspecified atom stereocenters. The molecule has 29 heavy (non-hydrogen) atoms. The third-order valence-corrected chi connectivity index (χ3v) is 4.23. The van der Waals surface area contributed by atoms with E-state index in [1.807, 2.05) is 65.6 Å². The van der Waals surface area contributed by atoms with Gasteiger partial charge in [-0.2, -0.15) is 5.10 Å². The molecule has 1 heterocycles. The average molecular weight is 507 g/mol. The number of guanidine groups is 1. The smallest absolute Gasteiger partial charge is 0.195 e. The minimum Gasteiger partial charge on any atom is -0.493 e. The zero-order valence-corrected chi connectivity index (χ0v) is 19.1. The summed E-state index contributed by atoms with van der Waals surface area (Å²) in [6, 6.07) is 15.7. The van der Waals surface area contributed by atoms with Gasteiger partial charge in [-0.05, 0) is 36.2 Å². The fourth-order valence-corrected chi connectivity index (χ4v) is 2.77. The summed E-state index contributed by atoms with van der Waals surface area (Å²) in [5.41, 5.74) is 3.06. The Morgan fingerprint density at radius 3 is 2.52 bits per heavy atom. The van der Waals surface area contributed by atoms with E-state index in [-0.39, 0.29) is 24.0 Å². The minimum atomic E-state index is 0. The summed E-state index contributed by atoms with van der Waals surface area (Å²) in [6.45, 7) is 0.730. The molecule has 2 N–H and O–H groups in total. The highest BCUT2D eigenvalue weighted by atomic mass is 127. The van der Waals surface area contributed by atoms with Crippen LogP contribution in [0.4, 0.5) is 5.69 Å². The first-order chi connectivity index (χ1) is 13.7. The molecule has 0 atom stereocenters. The largest absolute Gasteiger partial charge is 0.493 e. The second-order valence-electron chi connectivity index (χ2n) is 6.07. The van der Waals surface area contributed by atoms with E-state index in [0.717, 1.165) is 29.9 Å². The summed E-state index contributed by atoms with van der Waals surface area (Å²) >= 11 is 0. The van der Waals surface area contributed by atoms with Crippen LogP contribution in [-0.4, -0.2) is 43.6 Å². The van der Waals surface area contributed by atoms with Crippen molar-refractivity contribution in [1.82, 2.24) is 15.1 Å². The Hall–Kier alpha value is -2.75. The summed E-state index contributed by atoms with van der Waals surface area (Å²) in [7, 11) is 4.97. The van der Waals surface area contributed by atoms with Crippen LogP contribution in [0.25, 0.3) is 5.69 Å². The van der Waals surface area contributed by atoms with E-state index >= 15 is 0 Å². The van der Waals surface area contributed by atoms with Gasteiger partial charge in [-0.25, -0.2) is 4.68 Å². The van der Waals surface area contributed by atoms with Crippen molar-refractivity contribution in [3.8, 4) is 17.2 Å². The predicted octanol–water partition coefficient (Wildman–Crippen LogP) is 3.74. The molecule has 1 aromatic heterocycles. The topological polar surface area (TPSA) is 72.7 Å². The van der Waals surface area contributed by atoms with E-state index in [9.17, 15) is 0 Å². The molecule has 0 aliphatic carbocycles. The summed E-state index contributed by atoms with van der Waals surface area (Å²) in [5.74, 6) is 2.03. The third kappa shape index (κ3) is 6.11. The molecule has 0 saturated carbocycles. The fourth-order valence-electron chi connectivity index (χ4n) is 2.77. The van der Waals surface area contributed by atoms with Crippen LogP contribution in [0.2, 0.25) is 0 Å². The monoisotopic (exact) mass is 507 g/mol. The molecule has 0 aliphatic heterocycles. The summed E-state index contributed by atoms with van der Waals surface area (Å²) in [5, 5.41) is 11.0. The predicted molar refractivity (Wildman–Crippen MR) is 127 cm³/mol. The van der Waals surface area contributed by atoms with Crippen LogP contribution in [-0.2, 0) is 6.42 Å². The number of hydrogen-bond acceptors (Lipinski definition) is 4. The quantitative estimate of drug-likeness (QED) is 0.290. The van der Waals surface area contributed by atoms with Gasteiger partial charge in [0.05, 0.1) is 26.1 Å². The van der Waals surface area contributed by atoms with E-state index in [4.69, 9.17) is 9.47 Å². The number of nitrogens with zero attached hydrogens (tertiary/aromatic N) is 3. The molecule has 0 bridgehead atoms. The van der Waals surface area contributed by atoms with Gasteiger partial charge in [-0.3, -0.25) is 4.99 Å². The molecule has 2 aromatic carbocycles. The zero-order chi connectivity index (χ0) is 19.8. The summed E-state index contributed by atoms with van der Waals surface area (Å²) < 4.78 is 12.5. The number of halogens is 1. The van der Waals surface area contributed by atoms with Crippen LogP contribution < -0.4 is 20.1 Å². The SMILES string of the molecule is CN=C(NCCc1cnn(-c2ccccc2)c1)Nc1ccc(OC)c(OC)c1.I. The molecule has 0 spiro atoms. The second kappa shape index (κ2) is 11.3. The number of aromatic nitrogens is 2. The van der Waals surface area contributed by atoms with Crippen LogP contribution in [0, 0.1) is 0 Å². The highest BCUT2D eigenvalue weighted by Gasteiger charge is 2.07. The first-order valence-corrected chi connectivity index (χ1v) is 9.02. The van der Waals surface area contributed by atoms with E-state index in [2.05, 4.69) is 20.7 Å². The maximum atomic E-state index is 5.34. The Morgan fingerprint density at radius 2 is 1.83 bits per heavy atom. The lowest BCUT2D eigenvalue weighted by molar-refractivity contribution is 0.355. The van der Waals surface area contributed by atoms with Crippen molar-refractivity contribution in [2.75, 3.05) is 33.1 Å². The van der Waals surface area contributed by atoms with Gasteiger partial charge in [0.15, 0.2) is 17.5 Å². The number of hydrogen-bond donors (Lipinski definition) is 2. The average Bonchev–Trinajstić information content (AvgIpc) is 3.22.